The molecule has 110 valence electrons. The van der Waals surface area contributed by atoms with Crippen LogP contribution >= 0.6 is 11.8 Å². The molecule has 1 aliphatic heterocycles. The Morgan fingerprint density at radius 1 is 1.45 bits per heavy atom. The predicted octanol–water partition coefficient (Wildman–Crippen LogP) is 1.89. The lowest BCUT2D eigenvalue weighted by atomic mass is 10.1. The standard InChI is InChI=1S/C14H19ClN2O3/c15-16-12-7-4-8-17(9-13(12)18)14(19)20-10-11-5-2-1-3-6-11/h1-3,5-6,12-13,16,18H,4,7-10H2/t12-,13-/m0/s1. The van der Waals surface area contributed by atoms with Gasteiger partial charge in [0.2, 0.25) is 0 Å². The maximum absolute atomic E-state index is 12.0. The fourth-order valence-electron chi connectivity index (χ4n) is 2.24. The minimum absolute atomic E-state index is 0.191. The van der Waals surface area contributed by atoms with Crippen molar-refractivity contribution in [1.82, 2.24) is 9.74 Å². The first kappa shape index (κ1) is 15.1. The number of aliphatic hydroxyl groups is 1. The molecular formula is C14H19ClN2O3. The van der Waals surface area contributed by atoms with E-state index in [4.69, 9.17) is 16.5 Å². The molecule has 1 amide bonds. The van der Waals surface area contributed by atoms with Crippen molar-refractivity contribution in [3.05, 3.63) is 35.9 Å². The molecule has 6 heteroatoms. The molecule has 2 N–H and O–H groups in total. The van der Waals surface area contributed by atoms with E-state index in [0.29, 0.717) is 6.54 Å². The van der Waals surface area contributed by atoms with Crippen LogP contribution in [-0.4, -0.2) is 41.3 Å². The first-order valence-corrected chi connectivity index (χ1v) is 7.08. The Labute approximate surface area is 123 Å². The second-order valence-corrected chi connectivity index (χ2v) is 5.13. The third-order valence-corrected chi connectivity index (χ3v) is 3.70. The lowest BCUT2D eigenvalue weighted by Crippen LogP contribution is -2.42. The molecule has 0 unspecified atom stereocenters. The molecule has 1 aliphatic rings. The lowest BCUT2D eigenvalue weighted by Gasteiger charge is -2.23. The second kappa shape index (κ2) is 7.47. The van der Waals surface area contributed by atoms with Gasteiger partial charge in [0.05, 0.1) is 12.6 Å². The minimum Gasteiger partial charge on any atom is -0.445 e. The highest BCUT2D eigenvalue weighted by Crippen LogP contribution is 2.14. The first-order valence-electron chi connectivity index (χ1n) is 6.70. The van der Waals surface area contributed by atoms with E-state index in [9.17, 15) is 9.90 Å². The van der Waals surface area contributed by atoms with Gasteiger partial charge in [-0.05, 0) is 30.2 Å². The van der Waals surface area contributed by atoms with Crippen molar-refractivity contribution in [2.45, 2.75) is 31.6 Å². The van der Waals surface area contributed by atoms with Crippen LogP contribution in [-0.2, 0) is 11.3 Å². The molecule has 1 aromatic carbocycles. The predicted molar refractivity (Wildman–Crippen MR) is 76.2 cm³/mol. The van der Waals surface area contributed by atoms with E-state index in [1.165, 1.54) is 4.90 Å². The summed E-state index contributed by atoms with van der Waals surface area (Å²) in [6.07, 6.45) is 0.428. The van der Waals surface area contributed by atoms with Crippen molar-refractivity contribution in [2.75, 3.05) is 13.1 Å². The summed E-state index contributed by atoms with van der Waals surface area (Å²) >= 11 is 5.57. The average Bonchev–Trinajstić information content (AvgIpc) is 2.67. The Hall–Kier alpha value is -1.30. The normalized spacial score (nSPS) is 23.2. The van der Waals surface area contributed by atoms with Crippen LogP contribution in [0.15, 0.2) is 30.3 Å². The summed E-state index contributed by atoms with van der Waals surface area (Å²) in [6.45, 7) is 1.04. The van der Waals surface area contributed by atoms with Crippen LogP contribution in [0, 0.1) is 0 Å². The molecule has 1 saturated heterocycles. The van der Waals surface area contributed by atoms with Crippen LogP contribution in [0.3, 0.4) is 0 Å². The number of carbonyl (C=O) groups excluding carboxylic acids is 1. The number of amides is 1. The average molecular weight is 299 g/mol. The van der Waals surface area contributed by atoms with Crippen LogP contribution in [0.2, 0.25) is 0 Å². The molecule has 0 aliphatic carbocycles. The largest absolute Gasteiger partial charge is 0.445 e. The summed E-state index contributed by atoms with van der Waals surface area (Å²) < 4.78 is 5.26. The van der Waals surface area contributed by atoms with Gasteiger partial charge < -0.3 is 14.7 Å². The Morgan fingerprint density at radius 3 is 2.90 bits per heavy atom. The van der Waals surface area contributed by atoms with E-state index < -0.39 is 12.2 Å². The molecule has 0 saturated carbocycles. The molecule has 2 rings (SSSR count). The van der Waals surface area contributed by atoms with E-state index >= 15 is 0 Å². The van der Waals surface area contributed by atoms with Crippen molar-refractivity contribution in [2.24, 2.45) is 0 Å². The number of β-amino-alcohol motifs (C(OH)–C–C–N with tert-alkyl or cyclic N) is 1. The van der Waals surface area contributed by atoms with Gasteiger partial charge in [-0.2, -0.15) is 0 Å². The third kappa shape index (κ3) is 4.10. The van der Waals surface area contributed by atoms with E-state index in [1.807, 2.05) is 30.3 Å². The third-order valence-electron chi connectivity index (χ3n) is 3.42. The monoisotopic (exact) mass is 298 g/mol. The Balaban J connectivity index is 1.86. The summed E-state index contributed by atoms with van der Waals surface area (Å²) in [7, 11) is 0. The molecule has 0 radical (unpaired) electrons. The lowest BCUT2D eigenvalue weighted by molar-refractivity contribution is 0.0686. The summed E-state index contributed by atoms with van der Waals surface area (Å²) in [6, 6.07) is 9.32. The number of rotatable bonds is 3. The molecule has 1 heterocycles. The van der Waals surface area contributed by atoms with E-state index in [-0.39, 0.29) is 19.2 Å². The Bertz CT molecular complexity index is 430. The number of hydrogen-bond acceptors (Lipinski definition) is 4. The topological polar surface area (TPSA) is 61.8 Å². The summed E-state index contributed by atoms with van der Waals surface area (Å²) in [5.74, 6) is 0. The number of benzene rings is 1. The molecule has 1 fully saturated rings. The Morgan fingerprint density at radius 2 is 2.20 bits per heavy atom. The zero-order valence-electron chi connectivity index (χ0n) is 11.2. The zero-order valence-corrected chi connectivity index (χ0v) is 11.9. The molecule has 5 nitrogen and oxygen atoms in total. The van der Waals surface area contributed by atoms with Gasteiger partial charge in [-0.1, -0.05) is 30.3 Å². The van der Waals surface area contributed by atoms with Crippen molar-refractivity contribution in [3.63, 3.8) is 0 Å². The minimum atomic E-state index is -0.681. The quantitative estimate of drug-likeness (QED) is 0.837. The maximum atomic E-state index is 12.0. The van der Waals surface area contributed by atoms with E-state index in [1.54, 1.807) is 0 Å². The summed E-state index contributed by atoms with van der Waals surface area (Å²) in [5, 5.41) is 9.96. The van der Waals surface area contributed by atoms with Crippen LogP contribution in [0.5, 0.6) is 0 Å². The highest BCUT2D eigenvalue weighted by atomic mass is 35.5. The number of ether oxygens (including phenoxy) is 1. The van der Waals surface area contributed by atoms with E-state index in [2.05, 4.69) is 4.84 Å². The van der Waals surface area contributed by atoms with Gasteiger partial charge in [-0.25, -0.2) is 9.63 Å². The highest BCUT2D eigenvalue weighted by Gasteiger charge is 2.28. The smallest absolute Gasteiger partial charge is 0.410 e. The highest BCUT2D eigenvalue weighted by molar-refractivity contribution is 6.13. The van der Waals surface area contributed by atoms with Crippen molar-refractivity contribution in [3.8, 4) is 0 Å². The number of likely N-dealkylation sites (tertiary alicyclic amines) is 1. The number of hydrogen-bond donors (Lipinski definition) is 2. The van der Waals surface area contributed by atoms with Crippen LogP contribution in [0.4, 0.5) is 4.79 Å². The molecule has 0 bridgehead atoms. The zero-order chi connectivity index (χ0) is 14.4. The summed E-state index contributed by atoms with van der Waals surface area (Å²) in [5.41, 5.74) is 0.941. The SMILES string of the molecule is O=C(OCc1ccccc1)N1CCC[C@H](NCl)[C@@H](O)C1. The molecular weight excluding hydrogens is 280 g/mol. The van der Waals surface area contributed by atoms with Crippen molar-refractivity contribution < 1.29 is 14.6 Å². The van der Waals surface area contributed by atoms with Gasteiger partial charge in [0.15, 0.2) is 0 Å². The number of aliphatic hydroxyl groups excluding tert-OH is 1. The number of nitrogens with zero attached hydrogens (tertiary/aromatic N) is 1. The Kier molecular flexibility index (Phi) is 5.64. The van der Waals surface area contributed by atoms with Gasteiger partial charge in [-0.3, -0.25) is 0 Å². The first-order chi connectivity index (χ1) is 9.70. The van der Waals surface area contributed by atoms with Crippen LogP contribution in [0.25, 0.3) is 0 Å². The molecule has 20 heavy (non-hydrogen) atoms. The molecule has 1 aromatic rings. The molecule has 0 aromatic heterocycles. The van der Waals surface area contributed by atoms with Crippen molar-refractivity contribution in [1.29, 1.82) is 0 Å². The summed E-state index contributed by atoms with van der Waals surface area (Å²) in [4.78, 5) is 16.1. The molecule has 0 spiro atoms. The molecule has 2 atom stereocenters. The van der Waals surface area contributed by atoms with Gasteiger partial charge in [0.1, 0.15) is 6.61 Å². The van der Waals surface area contributed by atoms with Crippen LogP contribution in [0.1, 0.15) is 18.4 Å². The van der Waals surface area contributed by atoms with Gasteiger partial charge >= 0.3 is 6.09 Å². The van der Waals surface area contributed by atoms with Gasteiger partial charge in [-0.15, -0.1) is 0 Å². The number of nitrogens with one attached hydrogen (secondary N) is 1. The fraction of sp³-hybridized carbons (Fsp3) is 0.500. The fourth-order valence-corrected chi connectivity index (χ4v) is 2.50. The van der Waals surface area contributed by atoms with Crippen molar-refractivity contribution >= 4 is 17.9 Å². The van der Waals surface area contributed by atoms with E-state index in [0.717, 1.165) is 18.4 Å². The second-order valence-electron chi connectivity index (χ2n) is 4.91. The number of halogens is 1. The number of carbonyl (C=O) groups is 1. The maximum Gasteiger partial charge on any atom is 0.410 e. The van der Waals surface area contributed by atoms with Gasteiger partial charge in [0, 0.05) is 12.6 Å². The van der Waals surface area contributed by atoms with Crippen LogP contribution < -0.4 is 4.84 Å². The van der Waals surface area contributed by atoms with Gasteiger partial charge in [0.25, 0.3) is 0 Å².